The lowest BCUT2D eigenvalue weighted by molar-refractivity contribution is 0.122. The summed E-state index contributed by atoms with van der Waals surface area (Å²) in [5.74, 6) is 0.883. The molecule has 0 spiro atoms. The van der Waals surface area contributed by atoms with E-state index in [2.05, 4.69) is 36.7 Å². The predicted octanol–water partition coefficient (Wildman–Crippen LogP) is 3.07. The molecule has 39 heavy (non-hydrogen) atoms. The average molecular weight is 544 g/mol. The van der Waals surface area contributed by atoms with Crippen molar-refractivity contribution in [1.82, 2.24) is 29.5 Å². The van der Waals surface area contributed by atoms with Crippen LogP contribution in [0, 0.1) is 0 Å². The normalized spacial score (nSPS) is 16.7. The van der Waals surface area contributed by atoms with E-state index in [0.29, 0.717) is 18.1 Å². The van der Waals surface area contributed by atoms with Gasteiger partial charge < -0.3 is 9.64 Å². The Morgan fingerprint density at radius 3 is 2.64 bits per heavy atom. The fourth-order valence-corrected chi connectivity index (χ4v) is 6.22. The second-order valence-corrected chi connectivity index (χ2v) is 12.3. The number of ether oxygens (including phenoxy) is 1. The molecule has 3 aromatic heterocycles. The van der Waals surface area contributed by atoms with Crippen LogP contribution in [0.4, 0.5) is 5.82 Å². The molecular formula is C28H29N7O3S. The van der Waals surface area contributed by atoms with E-state index in [-0.39, 0.29) is 0 Å². The van der Waals surface area contributed by atoms with Crippen LogP contribution in [0.1, 0.15) is 17.0 Å². The number of aromatic nitrogens is 5. The maximum atomic E-state index is 11.9. The van der Waals surface area contributed by atoms with Crippen LogP contribution in [0.3, 0.4) is 0 Å². The average Bonchev–Trinajstić information content (AvgIpc) is 3.57. The number of imidazole rings is 1. The summed E-state index contributed by atoms with van der Waals surface area (Å²) in [6.07, 6.45) is 6.04. The topological polar surface area (TPSA) is 109 Å². The highest BCUT2D eigenvalue weighted by molar-refractivity contribution is 7.90. The Kier molecular flexibility index (Phi) is 5.87. The first-order valence-electron chi connectivity index (χ1n) is 13.1. The van der Waals surface area contributed by atoms with E-state index in [1.54, 1.807) is 12.1 Å². The van der Waals surface area contributed by atoms with Crippen LogP contribution in [0.25, 0.3) is 27.8 Å². The molecule has 10 nitrogen and oxygen atoms in total. The number of anilines is 1. The fourth-order valence-electron chi connectivity index (χ4n) is 5.59. The lowest BCUT2D eigenvalue weighted by Crippen LogP contribution is -2.37. The SMILES string of the molecule is CS(=O)(=O)c1ccc(CN2CCc3nc4c(N5CCOCC5)nc(-c5cccc6[nH]ncc56)cn4c3C2)cc1. The Balaban J connectivity index is 1.29. The van der Waals surface area contributed by atoms with Gasteiger partial charge in [0.1, 0.15) is 0 Å². The van der Waals surface area contributed by atoms with Gasteiger partial charge in [0.15, 0.2) is 21.3 Å². The number of H-pyrrole nitrogens is 1. The van der Waals surface area contributed by atoms with Crippen molar-refractivity contribution < 1.29 is 13.2 Å². The summed E-state index contributed by atoms with van der Waals surface area (Å²) in [6.45, 7) is 5.24. The second kappa shape index (κ2) is 9.44. The summed E-state index contributed by atoms with van der Waals surface area (Å²) in [7, 11) is -3.21. The Morgan fingerprint density at radius 2 is 1.85 bits per heavy atom. The lowest BCUT2D eigenvalue weighted by Gasteiger charge is -2.29. The first kappa shape index (κ1) is 24.3. The monoisotopic (exact) mass is 543 g/mol. The number of aromatic amines is 1. The minimum absolute atomic E-state index is 0.345. The third-order valence-corrected chi connectivity index (χ3v) is 8.77. The molecule has 200 valence electrons. The molecule has 1 fully saturated rings. The van der Waals surface area contributed by atoms with Gasteiger partial charge in [0.05, 0.1) is 46.9 Å². The van der Waals surface area contributed by atoms with Gasteiger partial charge in [0.2, 0.25) is 0 Å². The molecule has 0 radical (unpaired) electrons. The third-order valence-electron chi connectivity index (χ3n) is 7.64. The number of benzene rings is 2. The number of nitrogens with one attached hydrogen (secondary N) is 1. The number of hydrogen-bond donors (Lipinski definition) is 1. The molecule has 5 aromatic rings. The first-order valence-corrected chi connectivity index (χ1v) is 15.0. The minimum atomic E-state index is -3.21. The smallest absolute Gasteiger partial charge is 0.180 e. The number of fused-ring (bicyclic) bond motifs is 4. The van der Waals surface area contributed by atoms with Crippen LogP contribution in [0.5, 0.6) is 0 Å². The highest BCUT2D eigenvalue weighted by atomic mass is 32.2. The number of nitrogens with zero attached hydrogens (tertiary/aromatic N) is 6. The minimum Gasteiger partial charge on any atom is -0.378 e. The van der Waals surface area contributed by atoms with Crippen LogP contribution in [-0.2, 0) is 34.1 Å². The highest BCUT2D eigenvalue weighted by Crippen LogP contribution is 2.32. The summed E-state index contributed by atoms with van der Waals surface area (Å²) >= 11 is 0. The summed E-state index contributed by atoms with van der Waals surface area (Å²) < 4.78 is 31.6. The molecule has 2 aliphatic rings. The van der Waals surface area contributed by atoms with E-state index in [4.69, 9.17) is 14.7 Å². The van der Waals surface area contributed by atoms with Gasteiger partial charge >= 0.3 is 0 Å². The molecule has 0 bridgehead atoms. The molecule has 11 heteroatoms. The van der Waals surface area contributed by atoms with E-state index in [1.165, 1.54) is 11.9 Å². The number of sulfone groups is 1. The van der Waals surface area contributed by atoms with Crippen LogP contribution < -0.4 is 4.90 Å². The van der Waals surface area contributed by atoms with Crippen molar-refractivity contribution in [2.75, 3.05) is 44.0 Å². The zero-order chi connectivity index (χ0) is 26.6. The van der Waals surface area contributed by atoms with Crippen molar-refractivity contribution in [3.05, 3.63) is 71.8 Å². The molecule has 1 saturated heterocycles. The lowest BCUT2D eigenvalue weighted by atomic mass is 10.1. The summed E-state index contributed by atoms with van der Waals surface area (Å²) in [5, 5.41) is 8.35. The molecule has 0 amide bonds. The van der Waals surface area contributed by atoms with Crippen molar-refractivity contribution in [2.45, 2.75) is 24.4 Å². The van der Waals surface area contributed by atoms with Gasteiger partial charge in [-0.25, -0.2) is 18.4 Å². The van der Waals surface area contributed by atoms with Gasteiger partial charge in [-0.2, -0.15) is 5.10 Å². The highest BCUT2D eigenvalue weighted by Gasteiger charge is 2.26. The molecule has 0 aliphatic carbocycles. The van der Waals surface area contributed by atoms with Gasteiger partial charge in [-0.15, -0.1) is 0 Å². The molecule has 5 heterocycles. The van der Waals surface area contributed by atoms with Crippen molar-refractivity contribution in [3.63, 3.8) is 0 Å². The fraction of sp³-hybridized carbons (Fsp3) is 0.321. The quantitative estimate of drug-likeness (QED) is 0.360. The van der Waals surface area contributed by atoms with Crippen molar-refractivity contribution in [1.29, 1.82) is 0 Å². The van der Waals surface area contributed by atoms with E-state index >= 15 is 0 Å². The molecule has 2 aliphatic heterocycles. The van der Waals surface area contributed by atoms with E-state index in [9.17, 15) is 8.42 Å². The molecule has 0 unspecified atom stereocenters. The largest absolute Gasteiger partial charge is 0.378 e. The van der Waals surface area contributed by atoms with Gasteiger partial charge in [-0.1, -0.05) is 24.3 Å². The molecule has 0 atom stereocenters. The maximum absolute atomic E-state index is 11.9. The Hall–Kier alpha value is -3.80. The van der Waals surface area contributed by atoms with Gasteiger partial charge in [-0.05, 0) is 23.8 Å². The van der Waals surface area contributed by atoms with Crippen LogP contribution >= 0.6 is 0 Å². The first-order chi connectivity index (χ1) is 18.9. The summed E-state index contributed by atoms with van der Waals surface area (Å²) in [5.41, 5.74) is 7.12. The predicted molar refractivity (Wildman–Crippen MR) is 148 cm³/mol. The number of rotatable bonds is 5. The van der Waals surface area contributed by atoms with E-state index < -0.39 is 9.84 Å². The number of hydrogen-bond acceptors (Lipinski definition) is 8. The Bertz CT molecular complexity index is 1790. The zero-order valence-electron chi connectivity index (χ0n) is 21.7. The zero-order valence-corrected chi connectivity index (χ0v) is 22.5. The standard InChI is InChI=1S/C28H29N7O3S/c1-39(36,37)20-7-5-19(6-8-20)16-33-10-9-24-26(18-33)35-17-25(21-3-2-4-23-22(21)15-29-32-23)31-27(28(35)30-24)34-11-13-38-14-12-34/h2-8,15,17H,9-14,16,18H2,1H3,(H,29,32). The second-order valence-electron chi connectivity index (χ2n) is 10.3. The van der Waals surface area contributed by atoms with Crippen molar-refractivity contribution in [2.24, 2.45) is 0 Å². The maximum Gasteiger partial charge on any atom is 0.180 e. The van der Waals surface area contributed by atoms with Crippen molar-refractivity contribution >= 4 is 32.2 Å². The van der Waals surface area contributed by atoms with Crippen LogP contribution in [-0.4, -0.2) is 77.0 Å². The molecular weight excluding hydrogens is 514 g/mol. The molecule has 7 rings (SSSR count). The molecule has 0 saturated carbocycles. The van der Waals surface area contributed by atoms with E-state index in [0.717, 1.165) is 84.0 Å². The summed E-state index contributed by atoms with van der Waals surface area (Å²) in [6, 6.07) is 13.3. The van der Waals surface area contributed by atoms with E-state index in [1.807, 2.05) is 30.5 Å². The summed E-state index contributed by atoms with van der Waals surface area (Å²) in [4.78, 5) is 15.3. The van der Waals surface area contributed by atoms with Gasteiger partial charge in [0, 0.05) is 62.5 Å². The number of morpholine rings is 1. The Morgan fingerprint density at radius 1 is 1.03 bits per heavy atom. The van der Waals surface area contributed by atoms with Gasteiger partial charge in [-0.3, -0.25) is 14.4 Å². The van der Waals surface area contributed by atoms with Crippen LogP contribution in [0.2, 0.25) is 0 Å². The van der Waals surface area contributed by atoms with Gasteiger partial charge in [0.25, 0.3) is 0 Å². The Labute approximate surface area is 226 Å². The van der Waals surface area contributed by atoms with Crippen molar-refractivity contribution in [3.8, 4) is 11.3 Å². The third kappa shape index (κ3) is 4.46. The van der Waals surface area contributed by atoms with Crippen LogP contribution in [0.15, 0.2) is 59.8 Å². The molecule has 2 aromatic carbocycles. The molecule has 1 N–H and O–H groups in total.